The molecule has 0 amide bonds. The third-order valence-electron chi connectivity index (χ3n) is 1.37. The van der Waals surface area contributed by atoms with Crippen molar-refractivity contribution >= 4 is 28.9 Å². The van der Waals surface area contributed by atoms with E-state index in [0.717, 1.165) is 0 Å². The van der Waals surface area contributed by atoms with E-state index in [2.05, 4.69) is 4.98 Å². The second-order valence-corrected chi connectivity index (χ2v) is 2.95. The van der Waals surface area contributed by atoms with Crippen LogP contribution in [0.4, 0.5) is 14.5 Å². The van der Waals surface area contributed by atoms with Gasteiger partial charge in [-0.3, -0.25) is 10.1 Å². The lowest BCUT2D eigenvalue weighted by molar-refractivity contribution is -0.385. The van der Waals surface area contributed by atoms with Crippen LogP contribution in [0.1, 0.15) is 12.0 Å². The van der Waals surface area contributed by atoms with Gasteiger partial charge >= 0.3 is 5.69 Å². The van der Waals surface area contributed by atoms with Crippen LogP contribution < -0.4 is 0 Å². The monoisotopic (exact) mass is 242 g/mol. The Hall–Kier alpha value is -1.01. The van der Waals surface area contributed by atoms with Crippen molar-refractivity contribution in [3.05, 3.63) is 32.1 Å². The first-order valence-electron chi connectivity index (χ1n) is 3.22. The molecule has 0 aliphatic rings. The van der Waals surface area contributed by atoms with Crippen LogP contribution in [0.5, 0.6) is 0 Å². The van der Waals surface area contributed by atoms with Crippen molar-refractivity contribution in [3.8, 4) is 0 Å². The Morgan fingerprint density at radius 3 is 2.43 bits per heavy atom. The fraction of sp³-hybridized carbons (Fsp3) is 0.167. The first kappa shape index (κ1) is 11.1. The molecule has 1 rings (SSSR count). The van der Waals surface area contributed by atoms with Crippen molar-refractivity contribution in [1.82, 2.24) is 4.98 Å². The van der Waals surface area contributed by atoms with Crippen LogP contribution in [-0.4, -0.2) is 9.91 Å². The van der Waals surface area contributed by atoms with E-state index in [9.17, 15) is 18.9 Å². The number of hydrogen-bond acceptors (Lipinski definition) is 3. The normalized spacial score (nSPS) is 10.6. The summed E-state index contributed by atoms with van der Waals surface area (Å²) < 4.78 is 24.4. The van der Waals surface area contributed by atoms with Gasteiger partial charge < -0.3 is 0 Å². The van der Waals surface area contributed by atoms with Crippen LogP contribution >= 0.6 is 23.2 Å². The van der Waals surface area contributed by atoms with Crippen LogP contribution in [0.3, 0.4) is 0 Å². The average molecular weight is 243 g/mol. The molecule has 1 heterocycles. The van der Waals surface area contributed by atoms with Crippen molar-refractivity contribution in [2.75, 3.05) is 0 Å². The Morgan fingerprint density at radius 1 is 1.43 bits per heavy atom. The molecule has 76 valence electrons. The fourth-order valence-electron chi connectivity index (χ4n) is 0.755. The molecule has 0 aromatic carbocycles. The lowest BCUT2D eigenvalue weighted by atomic mass is 10.3. The number of halogens is 4. The lowest BCUT2D eigenvalue weighted by Crippen LogP contribution is -1.96. The van der Waals surface area contributed by atoms with Crippen molar-refractivity contribution < 1.29 is 13.7 Å². The predicted molar refractivity (Wildman–Crippen MR) is 45.9 cm³/mol. The first-order valence-corrected chi connectivity index (χ1v) is 3.97. The van der Waals surface area contributed by atoms with Crippen molar-refractivity contribution in [2.24, 2.45) is 0 Å². The number of nitrogens with zero attached hydrogens (tertiary/aromatic N) is 2. The summed E-state index contributed by atoms with van der Waals surface area (Å²) >= 11 is 10.6. The maximum absolute atomic E-state index is 12.2. The maximum atomic E-state index is 12.2. The largest absolute Gasteiger partial charge is 0.307 e. The maximum Gasteiger partial charge on any atom is 0.307 e. The van der Waals surface area contributed by atoms with E-state index in [1.54, 1.807) is 0 Å². The molecule has 0 radical (unpaired) electrons. The van der Waals surface area contributed by atoms with Gasteiger partial charge in [-0.25, -0.2) is 13.8 Å². The fourth-order valence-corrected chi connectivity index (χ4v) is 1.23. The summed E-state index contributed by atoms with van der Waals surface area (Å²) in [4.78, 5) is 12.6. The van der Waals surface area contributed by atoms with E-state index in [1.807, 2.05) is 0 Å². The van der Waals surface area contributed by atoms with Crippen molar-refractivity contribution in [2.45, 2.75) is 6.43 Å². The van der Waals surface area contributed by atoms with E-state index < -0.39 is 32.9 Å². The zero-order valence-electron chi connectivity index (χ0n) is 6.38. The number of pyridine rings is 1. The average Bonchev–Trinajstić information content (AvgIpc) is 2.02. The molecule has 4 nitrogen and oxygen atoms in total. The Labute approximate surface area is 86.6 Å². The Bertz CT molecular complexity index is 386. The SMILES string of the molecule is O=[N+]([O-])c1cc(C(F)F)c(Cl)nc1Cl. The number of nitro groups is 1. The first-order chi connectivity index (χ1) is 6.43. The summed E-state index contributed by atoms with van der Waals surface area (Å²) in [5, 5.41) is 9.26. The summed E-state index contributed by atoms with van der Waals surface area (Å²) in [7, 11) is 0. The van der Waals surface area contributed by atoms with Gasteiger partial charge in [-0.15, -0.1) is 0 Å². The van der Waals surface area contributed by atoms with E-state index in [0.29, 0.717) is 6.07 Å². The number of aromatic nitrogens is 1. The molecule has 0 fully saturated rings. The van der Waals surface area contributed by atoms with Crippen molar-refractivity contribution in [3.63, 3.8) is 0 Å². The lowest BCUT2D eigenvalue weighted by Gasteiger charge is -2.02. The highest BCUT2D eigenvalue weighted by molar-refractivity contribution is 6.34. The molecule has 1 aromatic rings. The van der Waals surface area contributed by atoms with Gasteiger partial charge in [0.25, 0.3) is 6.43 Å². The van der Waals surface area contributed by atoms with Crippen LogP contribution in [0.25, 0.3) is 0 Å². The van der Waals surface area contributed by atoms with E-state index >= 15 is 0 Å². The van der Waals surface area contributed by atoms with Gasteiger partial charge in [0, 0.05) is 6.07 Å². The van der Waals surface area contributed by atoms with Crippen molar-refractivity contribution in [1.29, 1.82) is 0 Å². The smallest absolute Gasteiger partial charge is 0.258 e. The Balaban J connectivity index is 3.34. The minimum Gasteiger partial charge on any atom is -0.258 e. The molecule has 0 unspecified atom stereocenters. The molecule has 0 spiro atoms. The standard InChI is InChI=1S/C6H2Cl2F2N2O2/c7-4-2(6(9)10)1-3(12(13)14)5(8)11-4/h1,6H. The van der Waals surface area contributed by atoms with Gasteiger partial charge in [0.2, 0.25) is 5.15 Å². The number of alkyl halides is 2. The number of hydrogen-bond donors (Lipinski definition) is 0. The molecular formula is C6H2Cl2F2N2O2. The van der Waals surface area contributed by atoms with Crippen LogP contribution in [-0.2, 0) is 0 Å². The highest BCUT2D eigenvalue weighted by Crippen LogP contribution is 2.32. The van der Waals surface area contributed by atoms with Gasteiger partial charge in [0.05, 0.1) is 10.5 Å². The summed E-state index contributed by atoms with van der Waals surface area (Å²) in [5.74, 6) is 0. The van der Waals surface area contributed by atoms with Crippen LogP contribution in [0.15, 0.2) is 6.07 Å². The summed E-state index contributed by atoms with van der Waals surface area (Å²) in [6, 6.07) is 0.613. The third kappa shape index (κ3) is 2.08. The zero-order valence-corrected chi connectivity index (χ0v) is 7.89. The molecule has 0 atom stereocenters. The minimum absolute atomic E-state index is 0.510. The van der Waals surface area contributed by atoms with Gasteiger partial charge in [-0.05, 0) is 0 Å². The second kappa shape index (κ2) is 4.02. The molecular weight excluding hydrogens is 241 g/mol. The van der Waals surface area contributed by atoms with E-state index in [4.69, 9.17) is 23.2 Å². The second-order valence-electron chi connectivity index (χ2n) is 2.24. The molecule has 0 bridgehead atoms. The van der Waals surface area contributed by atoms with Gasteiger partial charge in [-0.1, -0.05) is 23.2 Å². The van der Waals surface area contributed by atoms with Gasteiger partial charge in [0.1, 0.15) is 5.15 Å². The molecule has 0 N–H and O–H groups in total. The Morgan fingerprint density at radius 2 is 2.00 bits per heavy atom. The summed E-state index contributed by atoms with van der Waals surface area (Å²) in [6.45, 7) is 0. The molecule has 14 heavy (non-hydrogen) atoms. The summed E-state index contributed by atoms with van der Waals surface area (Å²) in [6.07, 6.45) is -2.93. The molecule has 0 saturated carbocycles. The topological polar surface area (TPSA) is 56.0 Å². The highest BCUT2D eigenvalue weighted by Gasteiger charge is 2.22. The summed E-state index contributed by atoms with van der Waals surface area (Å²) in [5.41, 5.74) is -1.39. The van der Waals surface area contributed by atoms with Crippen LogP contribution in [0.2, 0.25) is 10.3 Å². The molecule has 0 saturated heterocycles. The quantitative estimate of drug-likeness (QED) is 0.455. The highest BCUT2D eigenvalue weighted by atomic mass is 35.5. The number of rotatable bonds is 2. The molecule has 1 aromatic heterocycles. The molecule has 0 aliphatic carbocycles. The minimum atomic E-state index is -2.93. The van der Waals surface area contributed by atoms with Gasteiger partial charge in [0.15, 0.2) is 0 Å². The van der Waals surface area contributed by atoms with E-state index in [-0.39, 0.29) is 0 Å². The third-order valence-corrected chi connectivity index (χ3v) is 1.95. The van der Waals surface area contributed by atoms with E-state index in [1.165, 1.54) is 0 Å². The van der Waals surface area contributed by atoms with Gasteiger partial charge in [-0.2, -0.15) is 0 Å². The molecule has 0 aliphatic heterocycles. The van der Waals surface area contributed by atoms with Crippen LogP contribution in [0, 0.1) is 10.1 Å². The molecule has 8 heteroatoms. The predicted octanol–water partition coefficient (Wildman–Crippen LogP) is 3.23. The Kier molecular flexibility index (Phi) is 3.17. The zero-order chi connectivity index (χ0) is 10.9.